The molecule has 0 amide bonds. The molecule has 0 aliphatic heterocycles. The zero-order valence-corrected chi connectivity index (χ0v) is 13.1. The number of esters is 1. The van der Waals surface area contributed by atoms with E-state index in [1.54, 1.807) is 14.0 Å². The van der Waals surface area contributed by atoms with Crippen LogP contribution in [0.1, 0.15) is 46.0 Å². The first-order chi connectivity index (χ1) is 9.98. The third-order valence-electron chi connectivity index (χ3n) is 6.24. The van der Waals surface area contributed by atoms with E-state index >= 15 is 0 Å². The van der Waals surface area contributed by atoms with Gasteiger partial charge in [-0.2, -0.15) is 0 Å². The lowest BCUT2D eigenvalue weighted by molar-refractivity contribution is -0.239. The Morgan fingerprint density at radius 1 is 1.38 bits per heavy atom. The van der Waals surface area contributed by atoms with Crippen molar-refractivity contribution in [3.05, 3.63) is 0 Å². The topological polar surface area (TPSA) is 61.8 Å². The lowest BCUT2D eigenvalue weighted by Crippen LogP contribution is -2.69. The maximum atomic E-state index is 12.6. The number of Topliss-reactive ketones (excluding diaryl/α,β-unsaturated/α-hetero) is 1. The average Bonchev–Trinajstić information content (AvgIpc) is 2.82. The Balaban J connectivity index is 1.99. The SMILES string of the molecule is CCOC(=O)[C@]12C[C@]3(C)CC[C@@H](OCOC)[C@@]31CCC2=O. The van der Waals surface area contributed by atoms with Crippen molar-refractivity contribution in [1.82, 2.24) is 0 Å². The van der Waals surface area contributed by atoms with E-state index in [1.807, 2.05) is 0 Å². The highest BCUT2D eigenvalue weighted by Gasteiger charge is 2.84. The van der Waals surface area contributed by atoms with Gasteiger partial charge in [0.05, 0.1) is 12.7 Å². The number of ketones is 1. The predicted molar refractivity (Wildman–Crippen MR) is 74.4 cm³/mol. The van der Waals surface area contributed by atoms with Crippen molar-refractivity contribution in [1.29, 1.82) is 0 Å². The zero-order valence-electron chi connectivity index (χ0n) is 13.1. The lowest BCUT2D eigenvalue weighted by Gasteiger charge is -2.63. The van der Waals surface area contributed by atoms with Crippen molar-refractivity contribution in [3.63, 3.8) is 0 Å². The molecule has 0 heterocycles. The highest BCUT2D eigenvalue weighted by Crippen LogP contribution is 2.80. The predicted octanol–water partition coefficient (Wildman–Crippen LogP) is 2.08. The monoisotopic (exact) mass is 296 g/mol. The number of methoxy groups -OCH3 is 1. The number of carbonyl (C=O) groups is 2. The molecule has 21 heavy (non-hydrogen) atoms. The molecule has 5 nitrogen and oxygen atoms in total. The molecule has 3 aliphatic rings. The molecule has 0 saturated heterocycles. The number of hydrogen-bond donors (Lipinski definition) is 0. The highest BCUT2D eigenvalue weighted by molar-refractivity contribution is 6.08. The first-order valence-electron chi connectivity index (χ1n) is 7.79. The molecule has 0 aromatic rings. The molecule has 0 unspecified atom stereocenters. The van der Waals surface area contributed by atoms with Gasteiger partial charge in [0.2, 0.25) is 0 Å². The Hall–Kier alpha value is -0.940. The summed E-state index contributed by atoms with van der Waals surface area (Å²) in [5.74, 6) is -0.288. The molecular formula is C16H24O5. The number of hydrogen-bond acceptors (Lipinski definition) is 5. The van der Waals surface area contributed by atoms with Crippen LogP contribution < -0.4 is 0 Å². The summed E-state index contributed by atoms with van der Waals surface area (Å²) in [4.78, 5) is 25.2. The molecule has 0 N–H and O–H groups in total. The van der Waals surface area contributed by atoms with E-state index in [4.69, 9.17) is 14.2 Å². The van der Waals surface area contributed by atoms with Gasteiger partial charge in [-0.25, -0.2) is 0 Å². The third-order valence-corrected chi connectivity index (χ3v) is 6.24. The fourth-order valence-electron chi connectivity index (χ4n) is 5.53. The molecule has 4 atom stereocenters. The summed E-state index contributed by atoms with van der Waals surface area (Å²) < 4.78 is 16.2. The van der Waals surface area contributed by atoms with Crippen molar-refractivity contribution >= 4 is 11.8 Å². The zero-order chi connectivity index (χ0) is 15.3. The van der Waals surface area contributed by atoms with E-state index < -0.39 is 5.41 Å². The van der Waals surface area contributed by atoms with Gasteiger partial charge >= 0.3 is 5.97 Å². The fraction of sp³-hybridized carbons (Fsp3) is 0.875. The van der Waals surface area contributed by atoms with Gasteiger partial charge in [-0.05, 0) is 38.0 Å². The summed E-state index contributed by atoms with van der Waals surface area (Å²) in [6, 6.07) is 0. The first-order valence-corrected chi connectivity index (χ1v) is 7.79. The summed E-state index contributed by atoms with van der Waals surface area (Å²) in [5.41, 5.74) is -1.35. The Kier molecular flexibility index (Phi) is 3.41. The van der Waals surface area contributed by atoms with Gasteiger partial charge in [0.15, 0.2) is 5.78 Å². The normalized spacial score (nSPS) is 44.1. The summed E-state index contributed by atoms with van der Waals surface area (Å²) in [5, 5.41) is 0. The molecular weight excluding hydrogens is 272 g/mol. The fourth-order valence-corrected chi connectivity index (χ4v) is 5.53. The van der Waals surface area contributed by atoms with Crippen LogP contribution in [0.25, 0.3) is 0 Å². The summed E-state index contributed by atoms with van der Waals surface area (Å²) in [7, 11) is 1.59. The lowest BCUT2D eigenvalue weighted by atomic mass is 9.38. The summed E-state index contributed by atoms with van der Waals surface area (Å²) in [6.07, 6.45) is 3.60. The van der Waals surface area contributed by atoms with E-state index in [1.165, 1.54) is 0 Å². The molecule has 1 spiro atoms. The Labute approximate surface area is 125 Å². The van der Waals surface area contributed by atoms with E-state index in [9.17, 15) is 9.59 Å². The van der Waals surface area contributed by atoms with Gasteiger partial charge in [0.25, 0.3) is 0 Å². The van der Waals surface area contributed by atoms with Crippen LogP contribution in [0.15, 0.2) is 0 Å². The minimum Gasteiger partial charge on any atom is -0.465 e. The van der Waals surface area contributed by atoms with Crippen molar-refractivity contribution in [3.8, 4) is 0 Å². The van der Waals surface area contributed by atoms with Crippen molar-refractivity contribution in [2.45, 2.75) is 52.1 Å². The van der Waals surface area contributed by atoms with Gasteiger partial charge in [-0.15, -0.1) is 0 Å². The van der Waals surface area contributed by atoms with Crippen LogP contribution in [0.3, 0.4) is 0 Å². The molecule has 0 aromatic carbocycles. The number of rotatable bonds is 5. The second-order valence-corrected chi connectivity index (χ2v) is 6.86. The van der Waals surface area contributed by atoms with E-state index in [0.29, 0.717) is 19.4 Å². The van der Waals surface area contributed by atoms with Crippen LogP contribution in [0.2, 0.25) is 0 Å². The van der Waals surface area contributed by atoms with Gasteiger partial charge in [-0.3, -0.25) is 9.59 Å². The van der Waals surface area contributed by atoms with Crippen LogP contribution >= 0.6 is 0 Å². The number of ether oxygens (including phenoxy) is 3. The van der Waals surface area contributed by atoms with Gasteiger partial charge < -0.3 is 14.2 Å². The van der Waals surface area contributed by atoms with Crippen molar-refractivity contribution < 1.29 is 23.8 Å². The number of carbonyl (C=O) groups excluding carboxylic acids is 2. The molecule has 3 fully saturated rings. The maximum Gasteiger partial charge on any atom is 0.320 e. The molecule has 0 bridgehead atoms. The molecule has 3 rings (SSSR count). The molecule has 3 aliphatic carbocycles. The van der Waals surface area contributed by atoms with Gasteiger partial charge in [-0.1, -0.05) is 6.92 Å². The van der Waals surface area contributed by atoms with E-state index in [2.05, 4.69) is 6.92 Å². The second kappa shape index (κ2) is 4.78. The highest BCUT2D eigenvalue weighted by atomic mass is 16.7. The average molecular weight is 296 g/mol. The van der Waals surface area contributed by atoms with Crippen LogP contribution in [0, 0.1) is 16.2 Å². The van der Waals surface area contributed by atoms with Gasteiger partial charge in [0.1, 0.15) is 12.2 Å². The molecule has 0 aromatic heterocycles. The Morgan fingerprint density at radius 3 is 2.81 bits per heavy atom. The Bertz CT molecular complexity index is 475. The smallest absolute Gasteiger partial charge is 0.320 e. The third kappa shape index (κ3) is 1.54. The maximum absolute atomic E-state index is 12.6. The minimum absolute atomic E-state index is 0.00430. The molecule has 118 valence electrons. The van der Waals surface area contributed by atoms with Gasteiger partial charge in [0, 0.05) is 18.9 Å². The molecule has 0 radical (unpaired) electrons. The van der Waals surface area contributed by atoms with Crippen LogP contribution in [-0.2, 0) is 23.8 Å². The first kappa shape index (κ1) is 15.0. The van der Waals surface area contributed by atoms with Crippen molar-refractivity contribution in [2.24, 2.45) is 16.2 Å². The quantitative estimate of drug-likeness (QED) is 0.441. The second-order valence-electron chi connectivity index (χ2n) is 6.86. The van der Waals surface area contributed by atoms with Crippen LogP contribution in [-0.4, -0.2) is 38.4 Å². The summed E-state index contributed by atoms with van der Waals surface area (Å²) in [6.45, 7) is 4.49. The largest absolute Gasteiger partial charge is 0.465 e. The van der Waals surface area contributed by atoms with E-state index in [-0.39, 0.29) is 35.5 Å². The summed E-state index contributed by atoms with van der Waals surface area (Å²) >= 11 is 0. The molecule has 3 saturated carbocycles. The van der Waals surface area contributed by atoms with E-state index in [0.717, 1.165) is 19.3 Å². The molecule has 5 heteroatoms. The standard InChI is InChI=1S/C16H24O5/c1-4-20-13(18)15-9-14(2)7-6-12(21-10-19-3)16(14,15)8-5-11(15)17/h12H,4-10H2,1-3H3/t12-,14+,15-,16+/m1/s1. The Morgan fingerprint density at radius 2 is 2.14 bits per heavy atom. The minimum atomic E-state index is -0.966. The van der Waals surface area contributed by atoms with Crippen LogP contribution in [0.4, 0.5) is 0 Å². The van der Waals surface area contributed by atoms with Crippen molar-refractivity contribution in [2.75, 3.05) is 20.5 Å². The van der Waals surface area contributed by atoms with Crippen LogP contribution in [0.5, 0.6) is 0 Å².